The van der Waals surface area contributed by atoms with Gasteiger partial charge in [-0.25, -0.2) is 12.8 Å². The SMILES string of the molecule is Cc1cc(F)ccc1S(=O)(=O)N(CCO)C1CCCC1. The number of hydrogen-bond donors (Lipinski definition) is 1. The van der Waals surface area contributed by atoms with Gasteiger partial charge in [-0.15, -0.1) is 0 Å². The molecule has 1 aliphatic rings. The van der Waals surface area contributed by atoms with Gasteiger partial charge < -0.3 is 5.11 Å². The molecule has 0 saturated heterocycles. The largest absolute Gasteiger partial charge is 0.395 e. The molecular formula is C14H20FNO3S. The molecule has 0 atom stereocenters. The third kappa shape index (κ3) is 3.02. The van der Waals surface area contributed by atoms with E-state index in [1.54, 1.807) is 6.92 Å². The van der Waals surface area contributed by atoms with Crippen LogP contribution in [0, 0.1) is 12.7 Å². The van der Waals surface area contributed by atoms with Crippen LogP contribution in [0.2, 0.25) is 0 Å². The zero-order valence-electron chi connectivity index (χ0n) is 11.5. The second-order valence-corrected chi connectivity index (χ2v) is 7.05. The average Bonchev–Trinajstić information content (AvgIpc) is 2.88. The van der Waals surface area contributed by atoms with Crippen molar-refractivity contribution in [3.63, 3.8) is 0 Å². The second kappa shape index (κ2) is 6.20. The summed E-state index contributed by atoms with van der Waals surface area (Å²) in [5, 5.41) is 9.15. The number of aliphatic hydroxyl groups is 1. The van der Waals surface area contributed by atoms with E-state index >= 15 is 0 Å². The van der Waals surface area contributed by atoms with Crippen molar-refractivity contribution in [1.82, 2.24) is 4.31 Å². The molecule has 0 aromatic heterocycles. The van der Waals surface area contributed by atoms with Crippen molar-refractivity contribution >= 4 is 10.0 Å². The van der Waals surface area contributed by atoms with Gasteiger partial charge in [0.05, 0.1) is 11.5 Å². The maximum absolute atomic E-state index is 13.1. The van der Waals surface area contributed by atoms with E-state index in [0.717, 1.165) is 31.7 Å². The minimum absolute atomic E-state index is 0.0587. The van der Waals surface area contributed by atoms with E-state index in [-0.39, 0.29) is 24.1 Å². The van der Waals surface area contributed by atoms with Crippen LogP contribution < -0.4 is 0 Å². The van der Waals surface area contributed by atoms with Crippen molar-refractivity contribution in [3.8, 4) is 0 Å². The molecule has 1 N–H and O–H groups in total. The molecule has 1 aromatic rings. The highest BCUT2D eigenvalue weighted by molar-refractivity contribution is 7.89. The van der Waals surface area contributed by atoms with Crippen LogP contribution >= 0.6 is 0 Å². The molecule has 0 spiro atoms. The molecule has 0 heterocycles. The zero-order valence-corrected chi connectivity index (χ0v) is 12.4. The van der Waals surface area contributed by atoms with E-state index in [9.17, 15) is 12.8 Å². The van der Waals surface area contributed by atoms with Crippen molar-refractivity contribution in [2.45, 2.75) is 43.5 Å². The predicted molar refractivity (Wildman–Crippen MR) is 74.4 cm³/mol. The molecule has 0 radical (unpaired) electrons. The monoisotopic (exact) mass is 301 g/mol. The Morgan fingerprint density at radius 2 is 2.00 bits per heavy atom. The number of nitrogens with zero attached hydrogens (tertiary/aromatic N) is 1. The van der Waals surface area contributed by atoms with Crippen LogP contribution in [-0.4, -0.2) is 37.0 Å². The van der Waals surface area contributed by atoms with Crippen LogP contribution in [0.25, 0.3) is 0 Å². The fourth-order valence-corrected chi connectivity index (χ4v) is 4.70. The lowest BCUT2D eigenvalue weighted by Gasteiger charge is -2.28. The average molecular weight is 301 g/mol. The number of sulfonamides is 1. The van der Waals surface area contributed by atoms with Crippen LogP contribution in [0.1, 0.15) is 31.2 Å². The summed E-state index contributed by atoms with van der Waals surface area (Å²) in [6.07, 6.45) is 3.65. The van der Waals surface area contributed by atoms with E-state index in [1.165, 1.54) is 16.4 Å². The second-order valence-electron chi connectivity index (χ2n) is 5.19. The topological polar surface area (TPSA) is 57.6 Å². The number of hydrogen-bond acceptors (Lipinski definition) is 3. The lowest BCUT2D eigenvalue weighted by molar-refractivity contribution is 0.226. The first kappa shape index (κ1) is 15.4. The summed E-state index contributed by atoms with van der Waals surface area (Å²) in [7, 11) is -3.69. The maximum Gasteiger partial charge on any atom is 0.243 e. The number of rotatable bonds is 5. The Balaban J connectivity index is 2.39. The first-order valence-corrected chi connectivity index (χ1v) is 8.29. The predicted octanol–water partition coefficient (Wildman–Crippen LogP) is 2.06. The minimum atomic E-state index is -3.69. The standard InChI is InChI=1S/C14H20FNO3S/c1-11-10-12(15)6-7-14(11)20(18,19)16(8-9-17)13-4-2-3-5-13/h6-7,10,13,17H,2-5,8-9H2,1H3. The number of aliphatic hydroxyl groups excluding tert-OH is 1. The zero-order chi connectivity index (χ0) is 14.8. The van der Waals surface area contributed by atoms with Crippen LogP contribution in [-0.2, 0) is 10.0 Å². The quantitative estimate of drug-likeness (QED) is 0.905. The van der Waals surface area contributed by atoms with E-state index in [4.69, 9.17) is 5.11 Å². The van der Waals surface area contributed by atoms with Gasteiger partial charge in [0.2, 0.25) is 10.0 Å². The van der Waals surface area contributed by atoms with E-state index in [0.29, 0.717) is 5.56 Å². The molecule has 20 heavy (non-hydrogen) atoms. The van der Waals surface area contributed by atoms with Crippen LogP contribution in [0.5, 0.6) is 0 Å². The normalized spacial score (nSPS) is 17.0. The molecular weight excluding hydrogens is 281 g/mol. The van der Waals surface area contributed by atoms with Gasteiger partial charge in [0.25, 0.3) is 0 Å². The van der Waals surface area contributed by atoms with E-state index in [1.807, 2.05) is 0 Å². The first-order chi connectivity index (χ1) is 9.46. The van der Waals surface area contributed by atoms with Crippen molar-refractivity contribution in [2.24, 2.45) is 0 Å². The van der Waals surface area contributed by atoms with Crippen LogP contribution in [0.3, 0.4) is 0 Å². The summed E-state index contributed by atoms with van der Waals surface area (Å²) in [6.45, 7) is 1.46. The molecule has 0 aliphatic heterocycles. The van der Waals surface area contributed by atoms with Crippen LogP contribution in [0.4, 0.5) is 4.39 Å². The van der Waals surface area contributed by atoms with E-state index in [2.05, 4.69) is 0 Å². The summed E-state index contributed by atoms with van der Waals surface area (Å²) in [6, 6.07) is 3.63. The lowest BCUT2D eigenvalue weighted by atomic mass is 10.2. The molecule has 112 valence electrons. The summed E-state index contributed by atoms with van der Waals surface area (Å²) >= 11 is 0. The fourth-order valence-electron chi connectivity index (χ4n) is 2.82. The number of benzene rings is 1. The van der Waals surface area contributed by atoms with Gasteiger partial charge in [-0.3, -0.25) is 0 Å². The summed E-state index contributed by atoms with van der Waals surface area (Å²) in [4.78, 5) is 0.124. The summed E-state index contributed by atoms with van der Waals surface area (Å²) in [5.41, 5.74) is 0.394. The van der Waals surface area contributed by atoms with Gasteiger partial charge in [-0.2, -0.15) is 4.31 Å². The van der Waals surface area contributed by atoms with Gasteiger partial charge >= 0.3 is 0 Å². The van der Waals surface area contributed by atoms with Crippen LogP contribution in [0.15, 0.2) is 23.1 Å². The molecule has 0 unspecified atom stereocenters. The van der Waals surface area contributed by atoms with E-state index < -0.39 is 15.8 Å². The molecule has 1 fully saturated rings. The first-order valence-electron chi connectivity index (χ1n) is 6.85. The molecule has 0 bridgehead atoms. The molecule has 1 saturated carbocycles. The third-order valence-corrected chi connectivity index (χ3v) is 5.89. The van der Waals surface area contributed by atoms with Crippen molar-refractivity contribution in [2.75, 3.05) is 13.2 Å². The van der Waals surface area contributed by atoms with Crippen molar-refractivity contribution in [1.29, 1.82) is 0 Å². The maximum atomic E-state index is 13.1. The molecule has 1 aromatic carbocycles. The highest BCUT2D eigenvalue weighted by Crippen LogP contribution is 2.29. The molecule has 1 aliphatic carbocycles. The number of aryl methyl sites for hydroxylation is 1. The fraction of sp³-hybridized carbons (Fsp3) is 0.571. The molecule has 2 rings (SSSR count). The lowest BCUT2D eigenvalue weighted by Crippen LogP contribution is -2.40. The third-order valence-electron chi connectivity index (χ3n) is 3.78. The molecule has 6 heteroatoms. The highest BCUT2D eigenvalue weighted by atomic mass is 32.2. The van der Waals surface area contributed by atoms with Gasteiger partial charge in [0.1, 0.15) is 5.82 Å². The van der Waals surface area contributed by atoms with Gasteiger partial charge in [-0.05, 0) is 43.5 Å². The Kier molecular flexibility index (Phi) is 4.78. The van der Waals surface area contributed by atoms with Crippen molar-refractivity contribution < 1.29 is 17.9 Å². The molecule has 4 nitrogen and oxygen atoms in total. The Morgan fingerprint density at radius 3 is 2.55 bits per heavy atom. The summed E-state index contributed by atoms with van der Waals surface area (Å²) < 4.78 is 40.0. The molecule has 0 amide bonds. The minimum Gasteiger partial charge on any atom is -0.395 e. The Labute approximate surface area is 119 Å². The Hall–Kier alpha value is -0.980. The smallest absolute Gasteiger partial charge is 0.243 e. The Bertz CT molecular complexity index is 568. The van der Waals surface area contributed by atoms with Crippen molar-refractivity contribution in [3.05, 3.63) is 29.6 Å². The Morgan fingerprint density at radius 1 is 1.35 bits per heavy atom. The van der Waals surface area contributed by atoms with Gasteiger partial charge in [0, 0.05) is 12.6 Å². The highest BCUT2D eigenvalue weighted by Gasteiger charge is 2.33. The van der Waals surface area contributed by atoms with Gasteiger partial charge in [0.15, 0.2) is 0 Å². The number of halogens is 1. The summed E-state index contributed by atoms with van der Waals surface area (Å²) in [5.74, 6) is -0.448. The van der Waals surface area contributed by atoms with Gasteiger partial charge in [-0.1, -0.05) is 12.8 Å².